The second-order valence-corrected chi connectivity index (χ2v) is 17.1. The first-order chi connectivity index (χ1) is 31.5. The van der Waals surface area contributed by atoms with Gasteiger partial charge in [0, 0.05) is 22.3 Å². The Hall–Kier alpha value is -6.52. The zero-order chi connectivity index (χ0) is 44.5. The Kier molecular flexibility index (Phi) is 12.2. The molecule has 0 saturated heterocycles. The molecule has 0 aliphatic carbocycles. The molecule has 8 aromatic rings. The van der Waals surface area contributed by atoms with Crippen molar-refractivity contribution < 1.29 is 0 Å². The third kappa shape index (κ3) is 6.99. The van der Waals surface area contributed by atoms with Crippen molar-refractivity contribution in [3.8, 4) is 0 Å². The van der Waals surface area contributed by atoms with Gasteiger partial charge in [0.25, 0.3) is 0 Å². The summed E-state index contributed by atoms with van der Waals surface area (Å²) >= 11 is 0. The van der Waals surface area contributed by atoms with Gasteiger partial charge in [-0.3, -0.25) is 0 Å². The SMILES string of the molecule is CCc1c2[nH]c(c1CC)C(c1ccccc1)=c1[nH]c(c(CC)c1CC)=C(c1ccccc1)c1[nH]c(c(CC)c1CC)C(c1ccccc1)=c1[nH]c(c(CC)c1CC)=C2c1ccccc1. The summed E-state index contributed by atoms with van der Waals surface area (Å²) in [5.41, 5.74) is 25.6. The van der Waals surface area contributed by atoms with Gasteiger partial charge in [0.2, 0.25) is 0 Å². The van der Waals surface area contributed by atoms with Crippen molar-refractivity contribution in [2.24, 2.45) is 0 Å². The Morgan fingerprint density at radius 1 is 0.234 bits per heavy atom. The summed E-state index contributed by atoms with van der Waals surface area (Å²) in [6.07, 6.45) is 7.20. The Labute approximate surface area is 379 Å². The van der Waals surface area contributed by atoms with Crippen LogP contribution in [0.4, 0.5) is 0 Å². The molecule has 4 nitrogen and oxygen atoms in total. The largest absolute Gasteiger partial charge is 0.354 e. The molecule has 0 fully saturated rings. The standard InChI is InChI=1S/C60H64N4/c1-9-41-42(10-2)54-50(38-31-23-18-24-32-38)56-45(13-5)46(14-6)58(63-56)52(40-35-27-20-28-36-40)60-48(16-8)47(15-7)59(64-60)51(39-33-25-19-26-34-39)57-44(12-4)43(11-3)55(62-57)49(53(41)61-54)37-29-21-17-22-30-37/h17-36,61-64H,9-16H2,1-8H3. The van der Waals surface area contributed by atoms with Gasteiger partial charge in [-0.05, 0) is 118 Å². The highest BCUT2D eigenvalue weighted by Crippen LogP contribution is 2.37. The Balaban J connectivity index is 1.67. The molecular weight excluding hydrogens is 777 g/mol. The minimum atomic E-state index is 0.901. The van der Waals surface area contributed by atoms with E-state index in [4.69, 9.17) is 0 Å². The maximum atomic E-state index is 4.30. The molecular formula is C60H64N4. The van der Waals surface area contributed by atoms with Crippen molar-refractivity contribution in [1.29, 1.82) is 0 Å². The van der Waals surface area contributed by atoms with Gasteiger partial charge in [-0.15, -0.1) is 0 Å². The van der Waals surface area contributed by atoms with Gasteiger partial charge in [-0.2, -0.15) is 0 Å². The molecule has 324 valence electrons. The van der Waals surface area contributed by atoms with Gasteiger partial charge in [0.1, 0.15) is 0 Å². The lowest BCUT2D eigenvalue weighted by atomic mass is 9.91. The Morgan fingerprint density at radius 3 is 0.594 bits per heavy atom. The molecule has 5 heterocycles. The lowest BCUT2D eigenvalue weighted by molar-refractivity contribution is 1.03. The molecule has 4 N–H and O–H groups in total. The summed E-state index contributed by atoms with van der Waals surface area (Å²) in [6, 6.07) is 44.5. The predicted molar refractivity (Wildman–Crippen MR) is 269 cm³/mol. The number of aromatic amines is 4. The fourth-order valence-corrected chi connectivity index (χ4v) is 11.2. The average Bonchev–Trinajstić information content (AvgIpc) is 4.10. The number of aromatic nitrogens is 4. The number of benzene rings is 4. The van der Waals surface area contributed by atoms with E-state index >= 15 is 0 Å². The van der Waals surface area contributed by atoms with Crippen molar-refractivity contribution in [2.75, 3.05) is 0 Å². The molecule has 0 atom stereocenters. The van der Waals surface area contributed by atoms with Crippen LogP contribution in [0, 0.1) is 0 Å². The molecule has 0 radical (unpaired) electrons. The molecule has 64 heavy (non-hydrogen) atoms. The van der Waals surface area contributed by atoms with E-state index in [0.717, 1.165) is 51.4 Å². The van der Waals surface area contributed by atoms with Gasteiger partial charge in [-0.1, -0.05) is 177 Å². The zero-order valence-corrected chi connectivity index (χ0v) is 39.2. The van der Waals surface area contributed by atoms with Crippen LogP contribution in [0.15, 0.2) is 121 Å². The van der Waals surface area contributed by atoms with Crippen molar-refractivity contribution in [3.63, 3.8) is 0 Å². The summed E-state index contributed by atoms with van der Waals surface area (Å²) < 4.78 is 0. The first kappa shape index (κ1) is 42.8. The van der Waals surface area contributed by atoms with Crippen LogP contribution in [0.3, 0.4) is 0 Å². The van der Waals surface area contributed by atoms with Crippen LogP contribution in [0.2, 0.25) is 0 Å². The molecule has 0 spiro atoms. The predicted octanol–water partition coefficient (Wildman–Crippen LogP) is 10.8. The van der Waals surface area contributed by atoms with Gasteiger partial charge in [-0.25, -0.2) is 0 Å². The normalized spacial score (nSPS) is 12.8. The molecule has 1 aliphatic heterocycles. The quantitative estimate of drug-likeness (QED) is 0.0947. The van der Waals surface area contributed by atoms with E-state index in [1.54, 1.807) is 0 Å². The fraction of sp³-hybridized carbons (Fsp3) is 0.267. The lowest BCUT2D eigenvalue weighted by Crippen LogP contribution is -2.21. The van der Waals surface area contributed by atoms with Crippen LogP contribution in [0.1, 0.15) is 145 Å². The van der Waals surface area contributed by atoms with Crippen LogP contribution in [-0.2, 0) is 51.4 Å². The third-order valence-electron chi connectivity index (χ3n) is 13.9. The smallest absolute Gasteiger partial charge is 0.0521 e. The topological polar surface area (TPSA) is 63.2 Å². The second-order valence-electron chi connectivity index (χ2n) is 17.1. The number of nitrogens with one attached hydrogen (secondary N) is 4. The van der Waals surface area contributed by atoms with Crippen LogP contribution in [0.25, 0.3) is 22.3 Å². The molecule has 4 aromatic heterocycles. The van der Waals surface area contributed by atoms with E-state index in [2.05, 4.69) is 197 Å². The Morgan fingerprint density at radius 2 is 0.422 bits per heavy atom. The van der Waals surface area contributed by atoms with Crippen molar-refractivity contribution in [1.82, 2.24) is 19.9 Å². The molecule has 4 aromatic carbocycles. The van der Waals surface area contributed by atoms with Gasteiger partial charge < -0.3 is 19.9 Å². The van der Waals surface area contributed by atoms with Crippen LogP contribution >= 0.6 is 0 Å². The molecule has 0 unspecified atom stereocenters. The minimum Gasteiger partial charge on any atom is -0.354 e. The van der Waals surface area contributed by atoms with Crippen LogP contribution in [-0.4, -0.2) is 19.9 Å². The zero-order valence-electron chi connectivity index (χ0n) is 39.2. The molecule has 9 rings (SSSR count). The van der Waals surface area contributed by atoms with E-state index in [1.807, 2.05) is 0 Å². The highest BCUT2D eigenvalue weighted by molar-refractivity contribution is 5.89. The molecule has 0 amide bonds. The van der Waals surface area contributed by atoms with Crippen molar-refractivity contribution >= 4 is 22.3 Å². The molecule has 0 saturated carbocycles. The van der Waals surface area contributed by atoms with E-state index in [9.17, 15) is 0 Å². The van der Waals surface area contributed by atoms with E-state index in [0.29, 0.717) is 0 Å². The molecule has 4 heteroatoms. The number of hydrogen-bond acceptors (Lipinski definition) is 0. The Bertz CT molecular complexity index is 2780. The number of hydrogen-bond donors (Lipinski definition) is 4. The van der Waals surface area contributed by atoms with Crippen molar-refractivity contribution in [3.05, 3.63) is 232 Å². The maximum Gasteiger partial charge on any atom is 0.0521 e. The second kappa shape index (κ2) is 18.3. The van der Waals surface area contributed by atoms with Gasteiger partial charge in [0.05, 0.1) is 44.2 Å². The summed E-state index contributed by atoms with van der Waals surface area (Å²) in [5, 5.41) is 4.81. The monoisotopic (exact) mass is 841 g/mol. The highest BCUT2D eigenvalue weighted by Gasteiger charge is 2.29. The minimum absolute atomic E-state index is 0.901. The molecule has 8 bridgehead atoms. The van der Waals surface area contributed by atoms with E-state index in [-0.39, 0.29) is 0 Å². The first-order valence-corrected chi connectivity index (χ1v) is 24.1. The van der Waals surface area contributed by atoms with Crippen LogP contribution < -0.4 is 21.4 Å². The first-order valence-electron chi connectivity index (χ1n) is 24.1. The van der Waals surface area contributed by atoms with Gasteiger partial charge >= 0.3 is 0 Å². The summed E-state index contributed by atoms with van der Waals surface area (Å²) in [6.45, 7) is 18.7. The lowest BCUT2D eigenvalue weighted by Gasteiger charge is -2.11. The summed E-state index contributed by atoms with van der Waals surface area (Å²) in [4.78, 5) is 17.2. The fourth-order valence-electron chi connectivity index (χ4n) is 11.2. The number of fused-ring (bicyclic) bond motifs is 8. The van der Waals surface area contributed by atoms with Gasteiger partial charge in [0.15, 0.2) is 0 Å². The maximum absolute atomic E-state index is 4.30. The molecule has 1 aliphatic rings. The van der Waals surface area contributed by atoms with Crippen molar-refractivity contribution in [2.45, 2.75) is 107 Å². The van der Waals surface area contributed by atoms with E-state index < -0.39 is 0 Å². The third-order valence-corrected chi connectivity index (χ3v) is 13.9. The number of rotatable bonds is 12. The summed E-state index contributed by atoms with van der Waals surface area (Å²) in [7, 11) is 0. The van der Waals surface area contributed by atoms with Crippen LogP contribution in [0.5, 0.6) is 0 Å². The highest BCUT2D eigenvalue weighted by atomic mass is 14.8. The average molecular weight is 841 g/mol. The summed E-state index contributed by atoms with van der Waals surface area (Å²) in [5.74, 6) is 0. The number of H-pyrrole nitrogens is 4. The van der Waals surface area contributed by atoms with E-state index in [1.165, 1.54) is 133 Å².